The Balaban J connectivity index is 3.54. The van der Waals surface area contributed by atoms with Crippen molar-refractivity contribution >= 4 is 5.78 Å². The molecule has 0 aliphatic rings. The van der Waals surface area contributed by atoms with Gasteiger partial charge in [0.15, 0.2) is 5.78 Å². The van der Waals surface area contributed by atoms with Gasteiger partial charge in [-0.3, -0.25) is 4.79 Å². The monoisotopic (exact) mass is 183 g/mol. The maximum Gasteiger partial charge on any atom is 0.155 e. The van der Waals surface area contributed by atoms with E-state index >= 15 is 0 Å². The van der Waals surface area contributed by atoms with Crippen molar-refractivity contribution < 1.29 is 4.79 Å². The largest absolute Gasteiger partial charge is 0.311 e. The number of carbonyl (C=O) groups is 1. The fraction of sp³-hybridized carbons (Fsp3) is 0.727. The zero-order valence-corrected chi connectivity index (χ0v) is 9.13. The first-order valence-corrected chi connectivity index (χ1v) is 4.95. The highest BCUT2D eigenvalue weighted by Crippen LogP contribution is 2.00. The number of ketones is 1. The first kappa shape index (κ1) is 12.4. The molecule has 0 fully saturated rings. The fourth-order valence-electron chi connectivity index (χ4n) is 0.965. The summed E-state index contributed by atoms with van der Waals surface area (Å²) in [5.41, 5.74) is 0. The standard InChI is InChI=1S/C11H21NO/c1-9(2)8-11(13)6-5-7-12-10(3)4/h5-6,9-10,12H,7-8H2,1-4H3/b6-5+. The summed E-state index contributed by atoms with van der Waals surface area (Å²) in [5, 5.41) is 3.22. The van der Waals surface area contributed by atoms with Gasteiger partial charge in [0.1, 0.15) is 0 Å². The Hall–Kier alpha value is -0.630. The molecule has 0 rings (SSSR count). The minimum atomic E-state index is 0.223. The Labute approximate surface area is 81.4 Å². The lowest BCUT2D eigenvalue weighted by molar-refractivity contribution is -0.115. The van der Waals surface area contributed by atoms with E-state index in [0.29, 0.717) is 18.4 Å². The van der Waals surface area contributed by atoms with Gasteiger partial charge in [0.25, 0.3) is 0 Å². The summed E-state index contributed by atoms with van der Waals surface area (Å²) in [7, 11) is 0. The summed E-state index contributed by atoms with van der Waals surface area (Å²) in [6, 6.07) is 0.477. The lowest BCUT2D eigenvalue weighted by atomic mass is 10.1. The Bertz CT molecular complexity index is 171. The van der Waals surface area contributed by atoms with Gasteiger partial charge in [-0.2, -0.15) is 0 Å². The Morgan fingerprint density at radius 3 is 2.38 bits per heavy atom. The number of rotatable bonds is 6. The normalized spacial score (nSPS) is 11.8. The number of hydrogen-bond donors (Lipinski definition) is 1. The molecule has 76 valence electrons. The molecule has 1 N–H and O–H groups in total. The summed E-state index contributed by atoms with van der Waals surface area (Å²) in [5.74, 6) is 0.677. The summed E-state index contributed by atoms with van der Waals surface area (Å²) >= 11 is 0. The SMILES string of the molecule is CC(C)CC(=O)/C=C/CNC(C)C. The molecule has 0 heterocycles. The van der Waals surface area contributed by atoms with E-state index in [9.17, 15) is 4.79 Å². The molecule has 0 aliphatic heterocycles. The molecule has 0 radical (unpaired) electrons. The van der Waals surface area contributed by atoms with E-state index in [1.54, 1.807) is 6.08 Å². The third-order valence-corrected chi connectivity index (χ3v) is 1.56. The van der Waals surface area contributed by atoms with Gasteiger partial charge in [-0.25, -0.2) is 0 Å². The summed E-state index contributed by atoms with van der Waals surface area (Å²) < 4.78 is 0. The van der Waals surface area contributed by atoms with E-state index in [2.05, 4.69) is 33.0 Å². The average Bonchev–Trinajstić information content (AvgIpc) is 1.96. The van der Waals surface area contributed by atoms with Crippen LogP contribution in [0.25, 0.3) is 0 Å². The lowest BCUT2D eigenvalue weighted by Crippen LogP contribution is -2.22. The molecule has 0 bridgehead atoms. The van der Waals surface area contributed by atoms with Crippen molar-refractivity contribution in [1.29, 1.82) is 0 Å². The molecule has 0 atom stereocenters. The van der Waals surface area contributed by atoms with Crippen LogP contribution in [0.3, 0.4) is 0 Å². The molecule has 2 heteroatoms. The molecule has 0 spiro atoms. The Kier molecular flexibility index (Phi) is 6.51. The third kappa shape index (κ3) is 9.28. The Morgan fingerprint density at radius 1 is 1.31 bits per heavy atom. The van der Waals surface area contributed by atoms with Crippen LogP contribution in [-0.4, -0.2) is 18.4 Å². The van der Waals surface area contributed by atoms with Gasteiger partial charge in [-0.1, -0.05) is 33.8 Å². The lowest BCUT2D eigenvalue weighted by Gasteiger charge is -2.03. The van der Waals surface area contributed by atoms with Gasteiger partial charge in [0, 0.05) is 19.0 Å². The maximum atomic E-state index is 11.2. The van der Waals surface area contributed by atoms with Gasteiger partial charge < -0.3 is 5.32 Å². The predicted molar refractivity (Wildman–Crippen MR) is 56.7 cm³/mol. The van der Waals surface area contributed by atoms with E-state index < -0.39 is 0 Å². The van der Waals surface area contributed by atoms with Gasteiger partial charge in [-0.05, 0) is 12.0 Å². The summed E-state index contributed by atoms with van der Waals surface area (Å²) in [4.78, 5) is 11.2. The van der Waals surface area contributed by atoms with E-state index in [1.165, 1.54) is 0 Å². The van der Waals surface area contributed by atoms with Crippen LogP contribution in [0.2, 0.25) is 0 Å². The molecule has 0 aromatic rings. The molecule has 0 saturated heterocycles. The highest BCUT2D eigenvalue weighted by Gasteiger charge is 1.99. The smallest absolute Gasteiger partial charge is 0.155 e. The highest BCUT2D eigenvalue weighted by atomic mass is 16.1. The van der Waals surface area contributed by atoms with Crippen molar-refractivity contribution in [1.82, 2.24) is 5.32 Å². The van der Waals surface area contributed by atoms with E-state index in [0.717, 1.165) is 6.54 Å². The van der Waals surface area contributed by atoms with E-state index in [-0.39, 0.29) is 5.78 Å². The molecule has 0 amide bonds. The highest BCUT2D eigenvalue weighted by molar-refractivity contribution is 5.89. The number of allylic oxidation sites excluding steroid dienone is 1. The third-order valence-electron chi connectivity index (χ3n) is 1.56. The molecule has 0 aromatic heterocycles. The average molecular weight is 183 g/mol. The molecular formula is C11H21NO. The molecule has 0 saturated carbocycles. The number of hydrogen-bond acceptors (Lipinski definition) is 2. The topological polar surface area (TPSA) is 29.1 Å². The van der Waals surface area contributed by atoms with Crippen LogP contribution in [-0.2, 0) is 4.79 Å². The Morgan fingerprint density at radius 2 is 1.92 bits per heavy atom. The minimum absolute atomic E-state index is 0.223. The first-order chi connectivity index (χ1) is 6.02. The van der Waals surface area contributed by atoms with Crippen molar-refractivity contribution in [3.05, 3.63) is 12.2 Å². The zero-order valence-electron chi connectivity index (χ0n) is 9.13. The van der Waals surface area contributed by atoms with E-state index in [1.807, 2.05) is 6.08 Å². The van der Waals surface area contributed by atoms with Gasteiger partial charge in [-0.15, -0.1) is 0 Å². The van der Waals surface area contributed by atoms with Crippen LogP contribution in [0, 0.1) is 5.92 Å². The van der Waals surface area contributed by atoms with Crippen LogP contribution < -0.4 is 5.32 Å². The van der Waals surface area contributed by atoms with Gasteiger partial charge >= 0.3 is 0 Å². The first-order valence-electron chi connectivity index (χ1n) is 4.95. The number of nitrogens with one attached hydrogen (secondary N) is 1. The quantitative estimate of drug-likeness (QED) is 0.639. The van der Waals surface area contributed by atoms with Crippen LogP contribution in [0.4, 0.5) is 0 Å². The molecular weight excluding hydrogens is 162 g/mol. The van der Waals surface area contributed by atoms with Crippen LogP contribution in [0.1, 0.15) is 34.1 Å². The summed E-state index contributed by atoms with van der Waals surface area (Å²) in [6.07, 6.45) is 4.22. The van der Waals surface area contributed by atoms with Crippen LogP contribution >= 0.6 is 0 Å². The van der Waals surface area contributed by atoms with Crippen molar-refractivity contribution in [2.24, 2.45) is 5.92 Å². The van der Waals surface area contributed by atoms with Crippen LogP contribution in [0.5, 0.6) is 0 Å². The maximum absolute atomic E-state index is 11.2. The van der Waals surface area contributed by atoms with Crippen molar-refractivity contribution in [2.75, 3.05) is 6.54 Å². The van der Waals surface area contributed by atoms with Crippen molar-refractivity contribution in [3.63, 3.8) is 0 Å². The second-order valence-corrected chi connectivity index (χ2v) is 4.03. The molecule has 0 aromatic carbocycles. The van der Waals surface area contributed by atoms with Gasteiger partial charge in [0.2, 0.25) is 0 Å². The molecule has 0 aliphatic carbocycles. The summed E-state index contributed by atoms with van der Waals surface area (Å²) in [6.45, 7) is 9.06. The minimum Gasteiger partial charge on any atom is -0.311 e. The second-order valence-electron chi connectivity index (χ2n) is 4.03. The predicted octanol–water partition coefficient (Wildman–Crippen LogP) is 2.16. The van der Waals surface area contributed by atoms with Crippen LogP contribution in [0.15, 0.2) is 12.2 Å². The molecule has 13 heavy (non-hydrogen) atoms. The molecule has 2 nitrogen and oxygen atoms in total. The number of carbonyl (C=O) groups excluding carboxylic acids is 1. The van der Waals surface area contributed by atoms with Crippen molar-refractivity contribution in [3.8, 4) is 0 Å². The van der Waals surface area contributed by atoms with Crippen molar-refractivity contribution in [2.45, 2.75) is 40.2 Å². The zero-order chi connectivity index (χ0) is 10.3. The second kappa shape index (κ2) is 6.84. The van der Waals surface area contributed by atoms with Gasteiger partial charge in [0.05, 0.1) is 0 Å². The molecule has 0 unspecified atom stereocenters. The van der Waals surface area contributed by atoms with E-state index in [4.69, 9.17) is 0 Å². The fourth-order valence-corrected chi connectivity index (χ4v) is 0.965.